The quantitative estimate of drug-likeness (QED) is 0.297. The molecule has 1 atom stereocenters. The van der Waals surface area contributed by atoms with Gasteiger partial charge in [0.2, 0.25) is 0 Å². The Morgan fingerprint density at radius 1 is 1.35 bits per heavy atom. The fourth-order valence-corrected chi connectivity index (χ4v) is 2.57. The Balaban J connectivity index is 0.00000361. The molecule has 0 radical (unpaired) electrons. The number of methoxy groups -OCH3 is 1. The molecule has 1 rings (SSSR count). The van der Waals surface area contributed by atoms with Crippen molar-refractivity contribution in [3.05, 3.63) is 0 Å². The Hall–Kier alpha value is -0.0800. The second-order valence-corrected chi connectivity index (χ2v) is 5.00. The Kier molecular flexibility index (Phi) is 12.6. The van der Waals surface area contributed by atoms with Crippen molar-refractivity contribution < 1.29 is 4.74 Å². The molecule has 1 fully saturated rings. The molecule has 1 aliphatic rings. The predicted octanol–water partition coefficient (Wildman–Crippen LogP) is 1.68. The number of ether oxygens (including phenoxy) is 1. The zero-order valence-electron chi connectivity index (χ0n) is 13.2. The Morgan fingerprint density at radius 3 is 2.80 bits per heavy atom. The highest BCUT2D eigenvalue weighted by molar-refractivity contribution is 14.0. The fourth-order valence-electron chi connectivity index (χ4n) is 2.57. The van der Waals surface area contributed by atoms with Gasteiger partial charge in [-0.25, -0.2) is 0 Å². The molecule has 0 amide bonds. The van der Waals surface area contributed by atoms with Gasteiger partial charge in [-0.3, -0.25) is 9.89 Å². The van der Waals surface area contributed by atoms with Gasteiger partial charge in [0.25, 0.3) is 0 Å². The molecule has 6 heteroatoms. The Labute approximate surface area is 140 Å². The molecule has 1 unspecified atom stereocenters. The number of likely N-dealkylation sites (tertiary alicyclic amines) is 1. The molecular weight excluding hydrogens is 367 g/mol. The van der Waals surface area contributed by atoms with Crippen molar-refractivity contribution in [3.63, 3.8) is 0 Å². The first-order valence-corrected chi connectivity index (χ1v) is 7.49. The number of piperidine rings is 1. The largest absolute Gasteiger partial charge is 0.385 e. The summed E-state index contributed by atoms with van der Waals surface area (Å²) in [7, 11) is 3.56. The molecule has 0 saturated carbocycles. The number of likely N-dealkylation sites (N-methyl/N-ethyl adjacent to an activating group) is 1. The van der Waals surface area contributed by atoms with E-state index in [0.717, 1.165) is 38.6 Å². The molecule has 0 bridgehead atoms. The molecule has 0 aromatic heterocycles. The number of halogens is 1. The summed E-state index contributed by atoms with van der Waals surface area (Å²) in [6.07, 6.45) is 4.99. The molecule has 0 aromatic rings. The summed E-state index contributed by atoms with van der Waals surface area (Å²) in [5, 5.41) is 6.75. The van der Waals surface area contributed by atoms with Gasteiger partial charge in [0.15, 0.2) is 5.96 Å². The molecule has 0 spiro atoms. The van der Waals surface area contributed by atoms with Crippen molar-refractivity contribution in [2.24, 2.45) is 4.99 Å². The number of hydrogen-bond acceptors (Lipinski definition) is 3. The summed E-state index contributed by atoms with van der Waals surface area (Å²) >= 11 is 0. The fraction of sp³-hybridized carbons (Fsp3) is 0.929. The summed E-state index contributed by atoms with van der Waals surface area (Å²) in [6.45, 7) is 7.30. The van der Waals surface area contributed by atoms with Gasteiger partial charge in [-0.2, -0.15) is 0 Å². The van der Waals surface area contributed by atoms with Gasteiger partial charge in [0, 0.05) is 39.9 Å². The number of hydrogen-bond donors (Lipinski definition) is 2. The number of guanidine groups is 1. The maximum Gasteiger partial charge on any atom is 0.191 e. The molecule has 5 nitrogen and oxygen atoms in total. The van der Waals surface area contributed by atoms with Crippen molar-refractivity contribution in [3.8, 4) is 0 Å². The second-order valence-electron chi connectivity index (χ2n) is 5.00. The van der Waals surface area contributed by atoms with Gasteiger partial charge in [-0.15, -0.1) is 24.0 Å². The van der Waals surface area contributed by atoms with Crippen molar-refractivity contribution >= 4 is 29.9 Å². The van der Waals surface area contributed by atoms with Crippen LogP contribution in [0.3, 0.4) is 0 Å². The zero-order valence-corrected chi connectivity index (χ0v) is 15.5. The van der Waals surface area contributed by atoms with E-state index in [1.165, 1.54) is 25.8 Å². The van der Waals surface area contributed by atoms with E-state index in [1.54, 1.807) is 7.11 Å². The highest BCUT2D eigenvalue weighted by atomic mass is 127. The molecular formula is C14H31IN4O. The molecule has 2 N–H and O–H groups in total. The highest BCUT2D eigenvalue weighted by Gasteiger charge is 2.20. The minimum Gasteiger partial charge on any atom is -0.385 e. The van der Waals surface area contributed by atoms with Crippen molar-refractivity contribution in [1.29, 1.82) is 0 Å². The smallest absolute Gasteiger partial charge is 0.191 e. The topological polar surface area (TPSA) is 48.9 Å². The number of nitrogens with zero attached hydrogens (tertiary/aromatic N) is 2. The number of aliphatic imine (C=N–C) groups is 1. The van der Waals surface area contributed by atoms with E-state index < -0.39 is 0 Å². The predicted molar refractivity (Wildman–Crippen MR) is 96.2 cm³/mol. The third-order valence-corrected chi connectivity index (χ3v) is 3.70. The van der Waals surface area contributed by atoms with E-state index in [2.05, 4.69) is 27.4 Å². The molecule has 0 aliphatic carbocycles. The Morgan fingerprint density at radius 2 is 2.15 bits per heavy atom. The summed E-state index contributed by atoms with van der Waals surface area (Å²) in [5.41, 5.74) is 0. The lowest BCUT2D eigenvalue weighted by Gasteiger charge is -2.35. The van der Waals surface area contributed by atoms with Gasteiger partial charge < -0.3 is 15.4 Å². The first-order valence-electron chi connectivity index (χ1n) is 7.49. The van der Waals surface area contributed by atoms with Crippen LogP contribution < -0.4 is 10.6 Å². The molecule has 1 heterocycles. The number of rotatable bonds is 7. The molecule has 1 saturated heterocycles. The third-order valence-electron chi connectivity index (χ3n) is 3.70. The molecule has 120 valence electrons. The van der Waals surface area contributed by atoms with Crippen molar-refractivity contribution in [1.82, 2.24) is 15.5 Å². The summed E-state index contributed by atoms with van der Waals surface area (Å²) in [4.78, 5) is 6.82. The van der Waals surface area contributed by atoms with Crippen molar-refractivity contribution in [2.75, 3.05) is 46.9 Å². The number of nitrogens with one attached hydrogen (secondary N) is 2. The molecule has 1 aliphatic heterocycles. The lowest BCUT2D eigenvalue weighted by atomic mass is 10.0. The van der Waals surface area contributed by atoms with Crippen LogP contribution in [0, 0.1) is 0 Å². The molecule has 0 aromatic carbocycles. The van der Waals surface area contributed by atoms with E-state index >= 15 is 0 Å². The average Bonchev–Trinajstić information content (AvgIpc) is 2.47. The SMILES string of the molecule is CCN1CCCCC1CNC(=NC)NCCCOC.I. The first kappa shape index (κ1) is 19.9. The maximum atomic E-state index is 5.03. The van der Waals surface area contributed by atoms with Crippen LogP contribution in [0.1, 0.15) is 32.6 Å². The van der Waals surface area contributed by atoms with E-state index in [9.17, 15) is 0 Å². The van der Waals surface area contributed by atoms with Gasteiger partial charge in [0.05, 0.1) is 0 Å². The van der Waals surface area contributed by atoms with Gasteiger partial charge in [-0.1, -0.05) is 13.3 Å². The van der Waals surface area contributed by atoms with E-state index in [0.29, 0.717) is 6.04 Å². The van der Waals surface area contributed by atoms with Crippen LogP contribution >= 0.6 is 24.0 Å². The average molecular weight is 398 g/mol. The Bertz CT molecular complexity index is 264. The van der Waals surface area contributed by atoms with Crippen LogP contribution in [0.15, 0.2) is 4.99 Å². The minimum absolute atomic E-state index is 0. The normalized spacial score (nSPS) is 20.4. The maximum absolute atomic E-state index is 5.03. The summed E-state index contributed by atoms with van der Waals surface area (Å²) in [5.74, 6) is 0.901. The summed E-state index contributed by atoms with van der Waals surface area (Å²) in [6, 6.07) is 0.649. The van der Waals surface area contributed by atoms with Gasteiger partial charge in [0.1, 0.15) is 0 Å². The standard InChI is InChI=1S/C14H30N4O.HI/c1-4-18-10-6-5-8-13(18)12-17-14(15-2)16-9-7-11-19-3;/h13H,4-12H2,1-3H3,(H2,15,16,17);1H. The van der Waals surface area contributed by atoms with Crippen LogP contribution in [-0.4, -0.2) is 63.8 Å². The van der Waals surface area contributed by atoms with Crippen LogP contribution in [0.4, 0.5) is 0 Å². The van der Waals surface area contributed by atoms with Gasteiger partial charge >= 0.3 is 0 Å². The van der Waals surface area contributed by atoms with E-state index in [1.807, 2.05) is 7.05 Å². The van der Waals surface area contributed by atoms with Gasteiger partial charge in [-0.05, 0) is 32.4 Å². The van der Waals surface area contributed by atoms with Crippen LogP contribution in [0.2, 0.25) is 0 Å². The van der Waals surface area contributed by atoms with Crippen molar-refractivity contribution in [2.45, 2.75) is 38.6 Å². The zero-order chi connectivity index (χ0) is 13.9. The summed E-state index contributed by atoms with van der Waals surface area (Å²) < 4.78 is 5.03. The first-order chi connectivity index (χ1) is 9.31. The molecule has 20 heavy (non-hydrogen) atoms. The lowest BCUT2D eigenvalue weighted by Crippen LogP contribution is -2.49. The second kappa shape index (κ2) is 12.6. The highest BCUT2D eigenvalue weighted by Crippen LogP contribution is 2.15. The minimum atomic E-state index is 0. The van der Waals surface area contributed by atoms with Crippen LogP contribution in [0.5, 0.6) is 0 Å². The lowest BCUT2D eigenvalue weighted by molar-refractivity contribution is 0.157. The third kappa shape index (κ3) is 7.64. The van der Waals surface area contributed by atoms with E-state index in [4.69, 9.17) is 4.74 Å². The van der Waals surface area contributed by atoms with Crippen LogP contribution in [-0.2, 0) is 4.74 Å². The monoisotopic (exact) mass is 398 g/mol. The van der Waals surface area contributed by atoms with E-state index in [-0.39, 0.29) is 24.0 Å². The van der Waals surface area contributed by atoms with Crippen LogP contribution in [0.25, 0.3) is 0 Å².